The van der Waals surface area contributed by atoms with Gasteiger partial charge in [-0.3, -0.25) is 4.79 Å². The van der Waals surface area contributed by atoms with Gasteiger partial charge in [-0.05, 0) is 35.9 Å². The first-order valence-electron chi connectivity index (χ1n) is 7.38. The summed E-state index contributed by atoms with van der Waals surface area (Å²) in [6, 6.07) is 9.62. The van der Waals surface area contributed by atoms with Crippen molar-refractivity contribution in [1.29, 1.82) is 0 Å². The van der Waals surface area contributed by atoms with E-state index >= 15 is 0 Å². The number of methoxy groups -OCH3 is 2. The Labute approximate surface area is 138 Å². The summed E-state index contributed by atoms with van der Waals surface area (Å²) < 4.78 is 23.6. The number of amides is 1. The largest absolute Gasteiger partial charge is 0.493 e. The molecule has 24 heavy (non-hydrogen) atoms. The smallest absolute Gasteiger partial charge is 0.228 e. The third kappa shape index (κ3) is 3.17. The van der Waals surface area contributed by atoms with Crippen molar-refractivity contribution in [3.63, 3.8) is 0 Å². The molecule has 3 rings (SSSR count). The Hall–Kier alpha value is -3.02. The summed E-state index contributed by atoms with van der Waals surface area (Å²) in [5, 5.41) is 3.65. The second-order valence-electron chi connectivity index (χ2n) is 5.30. The fraction of sp³-hybridized carbons (Fsp3) is 0.167. The molecule has 1 amide bonds. The van der Waals surface area contributed by atoms with Gasteiger partial charge in [0.05, 0.1) is 20.6 Å². The second kappa shape index (κ2) is 6.62. The lowest BCUT2D eigenvalue weighted by atomic mass is 10.1. The van der Waals surface area contributed by atoms with Crippen LogP contribution >= 0.6 is 0 Å². The highest BCUT2D eigenvalue weighted by Gasteiger charge is 2.11. The van der Waals surface area contributed by atoms with E-state index in [-0.39, 0.29) is 18.1 Å². The van der Waals surface area contributed by atoms with Crippen molar-refractivity contribution in [2.45, 2.75) is 6.42 Å². The van der Waals surface area contributed by atoms with Crippen LogP contribution < -0.4 is 14.8 Å². The molecule has 0 radical (unpaired) electrons. The normalized spacial score (nSPS) is 10.6. The molecule has 0 fully saturated rings. The molecule has 1 heterocycles. The standard InChI is InChI=1S/C18H17FN2O3/c1-23-16-6-4-13(9-17(16)24-2)21-18(22)7-11-10-20-15-8-12(19)3-5-14(11)15/h3-6,8-10,20H,7H2,1-2H3,(H,21,22). The first-order valence-corrected chi connectivity index (χ1v) is 7.38. The van der Waals surface area contributed by atoms with Crippen LogP contribution in [0.15, 0.2) is 42.6 Å². The van der Waals surface area contributed by atoms with E-state index in [0.717, 1.165) is 10.9 Å². The van der Waals surface area contributed by atoms with E-state index < -0.39 is 0 Å². The van der Waals surface area contributed by atoms with Gasteiger partial charge in [0.2, 0.25) is 5.91 Å². The number of fused-ring (bicyclic) bond motifs is 1. The summed E-state index contributed by atoms with van der Waals surface area (Å²) >= 11 is 0. The zero-order valence-electron chi connectivity index (χ0n) is 13.4. The SMILES string of the molecule is COc1ccc(NC(=O)Cc2c[nH]c3cc(F)ccc23)cc1OC. The van der Waals surface area contributed by atoms with Gasteiger partial charge in [0.1, 0.15) is 5.82 Å². The van der Waals surface area contributed by atoms with Gasteiger partial charge in [0, 0.05) is 28.9 Å². The quantitative estimate of drug-likeness (QED) is 0.753. The van der Waals surface area contributed by atoms with Crippen LogP contribution in [-0.2, 0) is 11.2 Å². The molecular weight excluding hydrogens is 311 g/mol. The van der Waals surface area contributed by atoms with Gasteiger partial charge in [-0.25, -0.2) is 4.39 Å². The molecule has 0 aliphatic carbocycles. The van der Waals surface area contributed by atoms with Crippen molar-refractivity contribution in [3.8, 4) is 11.5 Å². The lowest BCUT2D eigenvalue weighted by Gasteiger charge is -2.10. The van der Waals surface area contributed by atoms with Crippen LogP contribution in [0.1, 0.15) is 5.56 Å². The minimum atomic E-state index is -0.314. The number of nitrogens with one attached hydrogen (secondary N) is 2. The number of rotatable bonds is 5. The van der Waals surface area contributed by atoms with Crippen LogP contribution in [0.3, 0.4) is 0 Å². The molecule has 0 aliphatic rings. The van der Waals surface area contributed by atoms with Crippen molar-refractivity contribution in [3.05, 3.63) is 54.0 Å². The van der Waals surface area contributed by atoms with Crippen molar-refractivity contribution in [2.75, 3.05) is 19.5 Å². The number of aromatic amines is 1. The molecule has 0 unspecified atom stereocenters. The second-order valence-corrected chi connectivity index (χ2v) is 5.30. The number of ether oxygens (including phenoxy) is 2. The summed E-state index contributed by atoms with van der Waals surface area (Å²) in [7, 11) is 3.09. The first-order chi connectivity index (χ1) is 11.6. The van der Waals surface area contributed by atoms with Gasteiger partial charge >= 0.3 is 0 Å². The van der Waals surface area contributed by atoms with Crippen LogP contribution in [-0.4, -0.2) is 25.1 Å². The van der Waals surface area contributed by atoms with E-state index in [4.69, 9.17) is 9.47 Å². The van der Waals surface area contributed by atoms with Gasteiger partial charge in [-0.1, -0.05) is 0 Å². The fourth-order valence-corrected chi connectivity index (χ4v) is 2.60. The number of hydrogen-bond acceptors (Lipinski definition) is 3. The number of benzene rings is 2. The molecule has 1 aromatic heterocycles. The Morgan fingerprint density at radius 3 is 2.67 bits per heavy atom. The summed E-state index contributed by atoms with van der Waals surface area (Å²) in [5.41, 5.74) is 2.09. The zero-order chi connectivity index (χ0) is 17.1. The highest BCUT2D eigenvalue weighted by Crippen LogP contribution is 2.30. The van der Waals surface area contributed by atoms with E-state index in [1.54, 1.807) is 37.6 Å². The van der Waals surface area contributed by atoms with Crippen molar-refractivity contribution < 1.29 is 18.7 Å². The maximum atomic E-state index is 13.2. The Balaban J connectivity index is 1.75. The Morgan fingerprint density at radius 2 is 1.92 bits per heavy atom. The minimum absolute atomic E-state index is 0.174. The lowest BCUT2D eigenvalue weighted by molar-refractivity contribution is -0.115. The highest BCUT2D eigenvalue weighted by atomic mass is 19.1. The number of anilines is 1. The predicted octanol–water partition coefficient (Wildman–Crippen LogP) is 3.51. The topological polar surface area (TPSA) is 63.3 Å². The molecule has 6 heteroatoms. The third-order valence-electron chi connectivity index (χ3n) is 3.75. The minimum Gasteiger partial charge on any atom is -0.493 e. The predicted molar refractivity (Wildman–Crippen MR) is 90.1 cm³/mol. The van der Waals surface area contributed by atoms with Crippen LogP contribution in [0.25, 0.3) is 10.9 Å². The summed E-state index contributed by atoms with van der Waals surface area (Å²) in [6.07, 6.45) is 1.90. The summed E-state index contributed by atoms with van der Waals surface area (Å²) in [5.74, 6) is 0.644. The van der Waals surface area contributed by atoms with Gasteiger partial charge in [0.25, 0.3) is 0 Å². The highest BCUT2D eigenvalue weighted by molar-refractivity contribution is 5.96. The maximum absolute atomic E-state index is 13.2. The van der Waals surface area contributed by atoms with Crippen molar-refractivity contribution >= 4 is 22.5 Å². The molecule has 0 saturated carbocycles. The molecule has 5 nitrogen and oxygen atoms in total. The Morgan fingerprint density at radius 1 is 1.12 bits per heavy atom. The number of aromatic nitrogens is 1. The first kappa shape index (κ1) is 15.9. The molecule has 3 aromatic rings. The van der Waals surface area contributed by atoms with Gasteiger partial charge < -0.3 is 19.8 Å². The van der Waals surface area contributed by atoms with Gasteiger partial charge in [-0.15, -0.1) is 0 Å². The molecule has 2 aromatic carbocycles. The fourth-order valence-electron chi connectivity index (χ4n) is 2.60. The Kier molecular flexibility index (Phi) is 4.37. The monoisotopic (exact) mass is 328 g/mol. The molecule has 124 valence electrons. The van der Waals surface area contributed by atoms with E-state index in [1.165, 1.54) is 19.2 Å². The van der Waals surface area contributed by atoms with E-state index in [2.05, 4.69) is 10.3 Å². The molecule has 0 saturated heterocycles. The molecular formula is C18H17FN2O3. The van der Waals surface area contributed by atoms with E-state index in [9.17, 15) is 9.18 Å². The van der Waals surface area contributed by atoms with Crippen LogP contribution in [0.5, 0.6) is 11.5 Å². The summed E-state index contributed by atoms with van der Waals surface area (Å²) in [4.78, 5) is 15.2. The number of carbonyl (C=O) groups excluding carboxylic acids is 1. The zero-order valence-corrected chi connectivity index (χ0v) is 13.4. The van der Waals surface area contributed by atoms with E-state index in [1.807, 2.05) is 0 Å². The summed E-state index contributed by atoms with van der Waals surface area (Å²) in [6.45, 7) is 0. The lowest BCUT2D eigenvalue weighted by Crippen LogP contribution is -2.14. The third-order valence-corrected chi connectivity index (χ3v) is 3.75. The Bertz CT molecular complexity index is 889. The van der Waals surface area contributed by atoms with Crippen LogP contribution in [0, 0.1) is 5.82 Å². The van der Waals surface area contributed by atoms with Gasteiger partial charge in [-0.2, -0.15) is 0 Å². The van der Waals surface area contributed by atoms with Crippen molar-refractivity contribution in [2.24, 2.45) is 0 Å². The molecule has 2 N–H and O–H groups in total. The number of carbonyl (C=O) groups is 1. The van der Waals surface area contributed by atoms with Crippen molar-refractivity contribution in [1.82, 2.24) is 4.98 Å². The number of hydrogen-bond donors (Lipinski definition) is 2. The average Bonchev–Trinajstić information content (AvgIpc) is 2.96. The molecule has 0 atom stereocenters. The molecule has 0 aliphatic heterocycles. The number of H-pyrrole nitrogens is 1. The maximum Gasteiger partial charge on any atom is 0.228 e. The number of halogens is 1. The van der Waals surface area contributed by atoms with E-state index in [0.29, 0.717) is 22.7 Å². The molecule has 0 spiro atoms. The average molecular weight is 328 g/mol. The molecule has 0 bridgehead atoms. The van der Waals surface area contributed by atoms with Gasteiger partial charge in [0.15, 0.2) is 11.5 Å². The van der Waals surface area contributed by atoms with Crippen LogP contribution in [0.4, 0.5) is 10.1 Å². The van der Waals surface area contributed by atoms with Crippen LogP contribution in [0.2, 0.25) is 0 Å².